The molecule has 0 bridgehead atoms. The molecular formula is C72H65N5O4S4. The molecule has 0 saturated heterocycles. The highest BCUT2D eigenvalue weighted by Crippen LogP contribution is 2.50. The van der Waals surface area contributed by atoms with Crippen LogP contribution >= 0.6 is 46.1 Å². The smallest absolute Gasteiger partial charge is 0.150 e. The second-order valence-electron chi connectivity index (χ2n) is 21.3. The Morgan fingerprint density at radius 3 is 1.27 bits per heavy atom. The molecule has 0 unspecified atom stereocenters. The Kier molecular flexibility index (Phi) is 17.7. The molecule has 0 aliphatic heterocycles. The number of benzene rings is 8. The summed E-state index contributed by atoms with van der Waals surface area (Å²) in [6, 6.07) is 61.7. The second-order valence-corrected chi connectivity index (χ2v) is 24.4. The van der Waals surface area contributed by atoms with Gasteiger partial charge in [-0.3, -0.25) is 4.79 Å². The van der Waals surface area contributed by atoms with Crippen LogP contribution in [0.2, 0.25) is 0 Å². The standard InChI is InChI=1S/C72H65N5O4S4/c1-6-8-10-12-16-51-42-65(61-40-38-59(67-69(61)75-84-73-67)49-22-20-46(45-78)21-23-49)82-71(51)72-52(17-13-11-9-7-2)43-66(83-72)62-41-39-60(68-70(62)76-85-74-68)50-28-34-55(35-29-50)77(53-30-24-47(25-31-53)57-18-14-15-19-63(57)80-4)54-32-26-48(27-33-54)58-37-36-56(79-3)44-64(58)81-5/h14-15,18-45H,6-13,16-17H2,1-5H3. The van der Waals surface area contributed by atoms with Crippen LogP contribution in [0.3, 0.4) is 0 Å². The van der Waals surface area contributed by atoms with E-state index in [0.717, 1.165) is 144 Å². The third-order valence-electron chi connectivity index (χ3n) is 16.0. The minimum Gasteiger partial charge on any atom is -0.497 e. The van der Waals surface area contributed by atoms with Gasteiger partial charge in [0.2, 0.25) is 0 Å². The lowest BCUT2D eigenvalue weighted by Gasteiger charge is -2.26. The summed E-state index contributed by atoms with van der Waals surface area (Å²) in [6.07, 6.45) is 12.4. The molecule has 0 saturated carbocycles. The van der Waals surface area contributed by atoms with Gasteiger partial charge in [-0.2, -0.15) is 17.5 Å². The van der Waals surface area contributed by atoms with Gasteiger partial charge in [-0.05, 0) is 126 Å². The largest absolute Gasteiger partial charge is 0.497 e. The molecule has 0 radical (unpaired) electrons. The number of carbonyl (C=O) groups is 1. The number of methoxy groups -OCH3 is 3. The number of ether oxygens (including phenoxy) is 3. The molecule has 12 rings (SSSR count). The van der Waals surface area contributed by atoms with Crippen LogP contribution in [0.4, 0.5) is 17.1 Å². The maximum absolute atomic E-state index is 11.5. The molecule has 0 fully saturated rings. The molecule has 9 nitrogen and oxygen atoms in total. The van der Waals surface area contributed by atoms with Gasteiger partial charge in [0.25, 0.3) is 0 Å². The summed E-state index contributed by atoms with van der Waals surface area (Å²) in [5.74, 6) is 2.32. The zero-order chi connectivity index (χ0) is 58.2. The Morgan fingerprint density at radius 1 is 0.412 bits per heavy atom. The first-order chi connectivity index (χ1) is 41.9. The van der Waals surface area contributed by atoms with Crippen molar-refractivity contribution in [1.29, 1.82) is 0 Å². The van der Waals surface area contributed by atoms with Gasteiger partial charge in [-0.15, -0.1) is 22.7 Å². The Morgan fingerprint density at radius 2 is 0.824 bits per heavy atom. The maximum Gasteiger partial charge on any atom is 0.150 e. The van der Waals surface area contributed by atoms with E-state index in [2.05, 4.69) is 134 Å². The lowest BCUT2D eigenvalue weighted by atomic mass is 9.98. The van der Waals surface area contributed by atoms with Gasteiger partial charge in [-0.25, -0.2) is 0 Å². The first kappa shape index (κ1) is 57.1. The third-order valence-corrected chi connectivity index (χ3v) is 19.6. The van der Waals surface area contributed by atoms with E-state index in [-0.39, 0.29) is 0 Å². The van der Waals surface area contributed by atoms with Crippen molar-refractivity contribution in [2.75, 3.05) is 26.2 Å². The molecule has 0 N–H and O–H groups in total. The average Bonchev–Trinajstić information content (AvgIpc) is 3.97. The van der Waals surface area contributed by atoms with Crippen LogP contribution < -0.4 is 19.1 Å². The number of nitrogens with zero attached hydrogens (tertiary/aromatic N) is 5. The lowest BCUT2D eigenvalue weighted by Crippen LogP contribution is -2.09. The number of hydrogen-bond acceptors (Lipinski definition) is 13. The predicted molar refractivity (Wildman–Crippen MR) is 358 cm³/mol. The van der Waals surface area contributed by atoms with Crippen molar-refractivity contribution in [2.45, 2.75) is 78.1 Å². The van der Waals surface area contributed by atoms with Crippen LogP contribution in [0.1, 0.15) is 86.7 Å². The number of hydrogen-bond donors (Lipinski definition) is 0. The van der Waals surface area contributed by atoms with Crippen LogP contribution in [0, 0.1) is 0 Å². The third kappa shape index (κ3) is 11.9. The number of thiophene rings is 2. The van der Waals surface area contributed by atoms with E-state index in [1.54, 1.807) is 21.3 Å². The Hall–Kier alpha value is -8.33. The quantitative estimate of drug-likeness (QED) is 0.0433. The van der Waals surface area contributed by atoms with Gasteiger partial charge < -0.3 is 19.1 Å². The Balaban J connectivity index is 0.895. The number of rotatable bonds is 24. The number of anilines is 3. The fraction of sp³-hybridized carbons (Fsp3) is 0.208. The van der Waals surface area contributed by atoms with E-state index in [1.807, 2.05) is 83.3 Å². The molecule has 4 aromatic heterocycles. The molecular weight excluding hydrogens is 1130 g/mol. The second kappa shape index (κ2) is 26.3. The van der Waals surface area contributed by atoms with Crippen molar-refractivity contribution in [2.24, 2.45) is 0 Å². The van der Waals surface area contributed by atoms with Crippen LogP contribution in [-0.2, 0) is 12.8 Å². The van der Waals surface area contributed by atoms with Gasteiger partial charge in [0.05, 0.1) is 44.8 Å². The van der Waals surface area contributed by atoms with Crippen molar-refractivity contribution in [3.05, 3.63) is 193 Å². The molecule has 85 heavy (non-hydrogen) atoms. The van der Waals surface area contributed by atoms with Crippen molar-refractivity contribution in [3.8, 4) is 92.4 Å². The molecule has 0 amide bonds. The van der Waals surface area contributed by atoms with Crippen LogP contribution in [-0.4, -0.2) is 45.1 Å². The SMILES string of the molecule is CCCCCCc1cc(-c2ccc(-c3ccc(C=O)cc3)c3nsnc23)sc1-c1sc(-c2ccc(-c3ccc(N(c4ccc(-c5ccccc5OC)cc4)c4ccc(-c5ccc(OC)cc5OC)cc4)cc3)c3nsnc23)cc1CCCCCC. The summed E-state index contributed by atoms with van der Waals surface area (Å²) < 4.78 is 36.9. The van der Waals surface area contributed by atoms with Crippen molar-refractivity contribution in [1.82, 2.24) is 17.5 Å². The molecule has 0 atom stereocenters. The predicted octanol–water partition coefficient (Wildman–Crippen LogP) is 21.0. The van der Waals surface area contributed by atoms with E-state index in [4.69, 9.17) is 31.7 Å². The molecule has 0 aliphatic carbocycles. The number of aldehydes is 1. The minimum absolute atomic E-state index is 0.652. The van der Waals surface area contributed by atoms with Gasteiger partial charge in [0, 0.05) is 81.6 Å². The molecule has 0 spiro atoms. The van der Waals surface area contributed by atoms with Crippen LogP contribution in [0.25, 0.3) is 97.2 Å². The van der Waals surface area contributed by atoms with Gasteiger partial charge in [-0.1, -0.05) is 156 Å². The van der Waals surface area contributed by atoms with E-state index in [1.165, 1.54) is 92.6 Å². The average molecular weight is 1190 g/mol. The van der Waals surface area contributed by atoms with Gasteiger partial charge >= 0.3 is 0 Å². The highest BCUT2D eigenvalue weighted by Gasteiger charge is 2.24. The van der Waals surface area contributed by atoms with Crippen LogP contribution in [0.5, 0.6) is 17.2 Å². The summed E-state index contributed by atoms with van der Waals surface area (Å²) >= 11 is 6.33. The number of para-hydroxylation sites is 1. The highest BCUT2D eigenvalue weighted by molar-refractivity contribution is 7.25. The number of aryl methyl sites for hydroxylation is 2. The zero-order valence-corrected chi connectivity index (χ0v) is 51.7. The van der Waals surface area contributed by atoms with E-state index in [0.29, 0.717) is 5.56 Å². The molecule has 12 aromatic rings. The zero-order valence-electron chi connectivity index (χ0n) is 48.4. The lowest BCUT2D eigenvalue weighted by molar-refractivity contribution is 0.112. The summed E-state index contributed by atoms with van der Waals surface area (Å²) in [5, 5.41) is 0. The number of fused-ring (bicyclic) bond motifs is 2. The van der Waals surface area contributed by atoms with E-state index < -0.39 is 0 Å². The molecule has 426 valence electrons. The van der Waals surface area contributed by atoms with Crippen molar-refractivity contribution in [3.63, 3.8) is 0 Å². The molecule has 4 heterocycles. The van der Waals surface area contributed by atoms with E-state index in [9.17, 15) is 4.79 Å². The summed E-state index contributed by atoms with van der Waals surface area (Å²) in [7, 11) is 5.07. The van der Waals surface area contributed by atoms with Gasteiger partial charge in [0.15, 0.2) is 0 Å². The number of carbonyl (C=O) groups excluding carboxylic acids is 1. The monoisotopic (exact) mass is 1190 g/mol. The number of aromatic nitrogens is 4. The Labute approximate surface area is 513 Å². The molecule has 8 aromatic carbocycles. The van der Waals surface area contributed by atoms with Crippen molar-refractivity contribution >= 4 is 91.5 Å². The summed E-state index contributed by atoms with van der Waals surface area (Å²) in [6.45, 7) is 4.56. The van der Waals surface area contributed by atoms with Crippen LogP contribution in [0.15, 0.2) is 176 Å². The normalized spacial score (nSPS) is 11.4. The van der Waals surface area contributed by atoms with E-state index >= 15 is 0 Å². The summed E-state index contributed by atoms with van der Waals surface area (Å²) in [5.41, 5.74) is 20.6. The molecule has 0 aliphatic rings. The van der Waals surface area contributed by atoms with Gasteiger partial charge in [0.1, 0.15) is 45.6 Å². The molecule has 13 heteroatoms. The fourth-order valence-corrected chi connectivity index (χ4v) is 15.3. The van der Waals surface area contributed by atoms with Crippen molar-refractivity contribution < 1.29 is 19.0 Å². The fourth-order valence-electron chi connectivity index (χ4n) is 11.4. The number of unbranched alkanes of at least 4 members (excludes halogenated alkanes) is 6. The minimum atomic E-state index is 0.652. The maximum atomic E-state index is 11.5. The Bertz CT molecular complexity index is 4260. The first-order valence-corrected chi connectivity index (χ1v) is 32.3. The topological polar surface area (TPSA) is 99.6 Å². The first-order valence-electron chi connectivity index (χ1n) is 29.2. The highest BCUT2D eigenvalue weighted by atomic mass is 32.1. The summed E-state index contributed by atoms with van der Waals surface area (Å²) in [4.78, 5) is 18.9.